The molecule has 0 bridgehead atoms. The summed E-state index contributed by atoms with van der Waals surface area (Å²) < 4.78 is 45.6. The van der Waals surface area contributed by atoms with Gasteiger partial charge < -0.3 is 15.0 Å². The first-order valence-corrected chi connectivity index (χ1v) is 9.43. The molecule has 1 aliphatic heterocycles. The monoisotopic (exact) mass is 426 g/mol. The maximum Gasteiger partial charge on any atom is 0.261 e. The van der Waals surface area contributed by atoms with Crippen molar-refractivity contribution in [2.45, 2.75) is 13.1 Å². The van der Waals surface area contributed by atoms with Gasteiger partial charge in [-0.3, -0.25) is 9.59 Å². The Morgan fingerprint density at radius 2 is 1.71 bits per heavy atom. The zero-order valence-corrected chi connectivity index (χ0v) is 16.2. The van der Waals surface area contributed by atoms with Crippen molar-refractivity contribution in [1.29, 1.82) is 0 Å². The Morgan fingerprint density at radius 1 is 0.968 bits per heavy atom. The number of hydrogen-bond donors (Lipinski definition) is 1. The van der Waals surface area contributed by atoms with Crippen LogP contribution >= 0.6 is 0 Å². The van der Waals surface area contributed by atoms with E-state index >= 15 is 0 Å². The molecule has 4 rings (SSSR count). The van der Waals surface area contributed by atoms with Gasteiger partial charge in [0, 0.05) is 30.4 Å². The average Bonchev–Trinajstić information content (AvgIpc) is 2.88. The van der Waals surface area contributed by atoms with Gasteiger partial charge in [0.15, 0.2) is 6.61 Å². The topological polar surface area (TPSA) is 58.6 Å². The van der Waals surface area contributed by atoms with Gasteiger partial charge in [0.2, 0.25) is 0 Å². The molecule has 3 aromatic rings. The van der Waals surface area contributed by atoms with Crippen molar-refractivity contribution in [3.05, 3.63) is 94.8 Å². The second-order valence-corrected chi connectivity index (χ2v) is 7.07. The third-order valence-electron chi connectivity index (χ3n) is 4.85. The summed E-state index contributed by atoms with van der Waals surface area (Å²) in [5.74, 6) is -2.59. The lowest BCUT2D eigenvalue weighted by Gasteiger charge is -2.20. The predicted octanol–water partition coefficient (Wildman–Crippen LogP) is 4.28. The van der Waals surface area contributed by atoms with E-state index in [1.54, 1.807) is 35.2 Å². The van der Waals surface area contributed by atoms with Crippen LogP contribution in [-0.4, -0.2) is 23.3 Å². The maximum absolute atomic E-state index is 13.9. The lowest BCUT2D eigenvalue weighted by Crippen LogP contribution is -2.31. The number of ether oxygens (including phenoxy) is 1. The molecule has 158 valence electrons. The minimum absolute atomic E-state index is 0.152. The van der Waals surface area contributed by atoms with Crippen LogP contribution in [0.1, 0.15) is 21.5 Å². The zero-order valence-electron chi connectivity index (χ0n) is 16.2. The number of anilines is 1. The predicted molar refractivity (Wildman–Crippen MR) is 107 cm³/mol. The lowest BCUT2D eigenvalue weighted by molar-refractivity contribution is -0.133. The van der Waals surface area contributed by atoms with Crippen LogP contribution in [0.5, 0.6) is 5.75 Å². The number of amides is 2. The van der Waals surface area contributed by atoms with E-state index in [0.717, 1.165) is 17.7 Å². The summed E-state index contributed by atoms with van der Waals surface area (Å²) in [6, 6.07) is 13.4. The summed E-state index contributed by atoms with van der Waals surface area (Å²) in [7, 11) is 0. The van der Waals surface area contributed by atoms with E-state index in [1.165, 1.54) is 12.1 Å². The van der Waals surface area contributed by atoms with Crippen molar-refractivity contribution in [3.63, 3.8) is 0 Å². The van der Waals surface area contributed by atoms with E-state index in [1.807, 2.05) is 0 Å². The SMILES string of the molecule is O=C(Nc1ccc2c(c1)CN(Cc1ccc(F)cc1)C(=O)CO2)c1ccc(F)cc1F. The van der Waals surface area contributed by atoms with Crippen LogP contribution in [0.4, 0.5) is 18.9 Å². The van der Waals surface area contributed by atoms with Crippen LogP contribution in [0.15, 0.2) is 60.7 Å². The highest BCUT2D eigenvalue weighted by Crippen LogP contribution is 2.28. The molecule has 0 saturated heterocycles. The van der Waals surface area contributed by atoms with Gasteiger partial charge in [-0.05, 0) is 48.0 Å². The highest BCUT2D eigenvalue weighted by molar-refractivity contribution is 6.04. The number of hydrogen-bond acceptors (Lipinski definition) is 3. The van der Waals surface area contributed by atoms with E-state index in [4.69, 9.17) is 4.74 Å². The van der Waals surface area contributed by atoms with Crippen molar-refractivity contribution < 1.29 is 27.5 Å². The smallest absolute Gasteiger partial charge is 0.261 e. The third kappa shape index (κ3) is 4.69. The molecule has 3 aromatic carbocycles. The fourth-order valence-corrected chi connectivity index (χ4v) is 3.27. The highest BCUT2D eigenvalue weighted by Gasteiger charge is 2.22. The molecule has 0 spiro atoms. The number of carbonyl (C=O) groups is 2. The first-order chi connectivity index (χ1) is 14.9. The lowest BCUT2D eigenvalue weighted by atomic mass is 10.1. The number of benzene rings is 3. The molecule has 0 atom stereocenters. The minimum atomic E-state index is -0.966. The van der Waals surface area contributed by atoms with E-state index < -0.39 is 17.5 Å². The second-order valence-electron chi connectivity index (χ2n) is 7.07. The molecule has 8 heteroatoms. The summed E-state index contributed by atoms with van der Waals surface area (Å²) in [4.78, 5) is 26.4. The average molecular weight is 426 g/mol. The summed E-state index contributed by atoms with van der Waals surface area (Å²) in [5, 5.41) is 2.57. The Labute approximate surface area is 176 Å². The van der Waals surface area contributed by atoms with Crippen LogP contribution in [0, 0.1) is 17.5 Å². The molecular weight excluding hydrogens is 409 g/mol. The van der Waals surface area contributed by atoms with E-state index in [2.05, 4.69) is 5.32 Å². The summed E-state index contributed by atoms with van der Waals surface area (Å²) in [5.41, 5.74) is 1.48. The molecule has 0 saturated carbocycles. The molecule has 1 heterocycles. The van der Waals surface area contributed by atoms with Gasteiger partial charge in [0.25, 0.3) is 11.8 Å². The summed E-state index contributed by atoms with van der Waals surface area (Å²) in [6.45, 7) is 0.320. The minimum Gasteiger partial charge on any atom is -0.483 e. The fraction of sp³-hybridized carbons (Fsp3) is 0.130. The van der Waals surface area contributed by atoms with Gasteiger partial charge in [-0.25, -0.2) is 13.2 Å². The van der Waals surface area contributed by atoms with E-state index in [-0.39, 0.29) is 37.0 Å². The number of nitrogens with zero attached hydrogens (tertiary/aromatic N) is 1. The number of carbonyl (C=O) groups excluding carboxylic acids is 2. The molecule has 0 fully saturated rings. The van der Waals surface area contributed by atoms with E-state index in [9.17, 15) is 22.8 Å². The largest absolute Gasteiger partial charge is 0.483 e. The fourth-order valence-electron chi connectivity index (χ4n) is 3.27. The van der Waals surface area contributed by atoms with E-state index in [0.29, 0.717) is 23.1 Å². The molecular formula is C23H17F3N2O3. The quantitative estimate of drug-likeness (QED) is 0.678. The first kappa shape index (κ1) is 20.5. The third-order valence-corrected chi connectivity index (χ3v) is 4.85. The molecule has 1 aliphatic rings. The van der Waals surface area contributed by atoms with Crippen molar-refractivity contribution >= 4 is 17.5 Å². The number of fused-ring (bicyclic) bond motifs is 1. The van der Waals surface area contributed by atoms with Crippen LogP contribution in [-0.2, 0) is 17.9 Å². The summed E-state index contributed by atoms with van der Waals surface area (Å²) in [6.07, 6.45) is 0. The standard InChI is InChI=1S/C23H17F3N2O3/c24-16-3-1-14(2-4-16)11-28-12-15-9-18(6-8-21(15)31-13-22(28)29)27-23(30)19-7-5-17(25)10-20(19)26/h1-10H,11-13H2,(H,27,30). The Morgan fingerprint density at radius 3 is 2.45 bits per heavy atom. The van der Waals surface area contributed by atoms with Crippen LogP contribution in [0.25, 0.3) is 0 Å². The van der Waals surface area contributed by atoms with Crippen molar-refractivity contribution in [1.82, 2.24) is 4.90 Å². The maximum atomic E-state index is 13.9. The van der Waals surface area contributed by atoms with Crippen molar-refractivity contribution in [2.24, 2.45) is 0 Å². The Kier molecular flexibility index (Phi) is 5.62. The molecule has 1 N–H and O–H groups in total. The van der Waals surface area contributed by atoms with Gasteiger partial charge >= 0.3 is 0 Å². The molecule has 0 radical (unpaired) electrons. The van der Waals surface area contributed by atoms with Gasteiger partial charge in [-0.2, -0.15) is 0 Å². The molecule has 5 nitrogen and oxygen atoms in total. The Hall–Kier alpha value is -3.81. The highest BCUT2D eigenvalue weighted by atomic mass is 19.1. The molecule has 2 amide bonds. The molecule has 0 unspecified atom stereocenters. The Bertz CT molecular complexity index is 1150. The van der Waals surface area contributed by atoms with Crippen LogP contribution in [0.2, 0.25) is 0 Å². The normalized spacial score (nSPS) is 13.3. The van der Waals surface area contributed by atoms with Gasteiger partial charge in [-0.1, -0.05) is 12.1 Å². The number of rotatable bonds is 4. The number of halogens is 3. The number of nitrogens with one attached hydrogen (secondary N) is 1. The first-order valence-electron chi connectivity index (χ1n) is 9.43. The Balaban J connectivity index is 1.53. The van der Waals surface area contributed by atoms with Crippen LogP contribution in [0.3, 0.4) is 0 Å². The zero-order chi connectivity index (χ0) is 22.0. The van der Waals surface area contributed by atoms with Gasteiger partial charge in [0.05, 0.1) is 5.56 Å². The molecule has 0 aromatic heterocycles. The van der Waals surface area contributed by atoms with Crippen LogP contribution < -0.4 is 10.1 Å². The molecule has 0 aliphatic carbocycles. The van der Waals surface area contributed by atoms with Gasteiger partial charge in [0.1, 0.15) is 23.2 Å². The van der Waals surface area contributed by atoms with Gasteiger partial charge in [-0.15, -0.1) is 0 Å². The van der Waals surface area contributed by atoms with Crippen molar-refractivity contribution in [3.8, 4) is 5.75 Å². The second kappa shape index (κ2) is 8.51. The summed E-state index contributed by atoms with van der Waals surface area (Å²) >= 11 is 0. The molecule has 31 heavy (non-hydrogen) atoms. The van der Waals surface area contributed by atoms with Crippen molar-refractivity contribution in [2.75, 3.05) is 11.9 Å².